The van der Waals surface area contributed by atoms with Gasteiger partial charge in [-0.3, -0.25) is 5.43 Å². The quantitative estimate of drug-likeness (QED) is 0.586. The summed E-state index contributed by atoms with van der Waals surface area (Å²) in [6.45, 7) is 0. The molecule has 1 aromatic carbocycles. The number of nitrogens with two attached hydrogens (primary N) is 1. The zero-order valence-corrected chi connectivity index (χ0v) is 11.9. The van der Waals surface area contributed by atoms with Crippen molar-refractivity contribution in [2.24, 2.45) is 5.10 Å². The molecule has 8 heteroatoms. The van der Waals surface area contributed by atoms with Gasteiger partial charge in [-0.15, -0.1) is 11.3 Å². The van der Waals surface area contributed by atoms with Crippen molar-refractivity contribution in [1.82, 2.24) is 4.98 Å². The highest BCUT2D eigenvalue weighted by Crippen LogP contribution is 2.18. The summed E-state index contributed by atoms with van der Waals surface area (Å²) in [5.74, 6) is -0.539. The van der Waals surface area contributed by atoms with Gasteiger partial charge >= 0.3 is 5.97 Å². The first-order valence-electron chi connectivity index (χ1n) is 5.09. The summed E-state index contributed by atoms with van der Waals surface area (Å²) in [7, 11) is 0. The lowest BCUT2D eigenvalue weighted by atomic mass is 10.1. The number of nitrogens with one attached hydrogen (secondary N) is 1. The minimum Gasteiger partial charge on any atom is -0.478 e. The van der Waals surface area contributed by atoms with E-state index in [1.165, 1.54) is 17.4 Å². The highest BCUT2D eigenvalue weighted by atomic mass is 79.9. The summed E-state index contributed by atoms with van der Waals surface area (Å²) < 4.78 is 0.502. The Bertz CT molecular complexity index is 641. The van der Waals surface area contributed by atoms with Gasteiger partial charge in [-0.2, -0.15) is 5.10 Å². The summed E-state index contributed by atoms with van der Waals surface area (Å²) >= 11 is 4.54. The van der Waals surface area contributed by atoms with E-state index in [1.807, 2.05) is 0 Å². The van der Waals surface area contributed by atoms with Crippen molar-refractivity contribution in [2.75, 3.05) is 11.2 Å². The standard InChI is InChI=1S/C11H9BrN4O2S/c12-8-3-6(1-2-7(8)10(17)18)4-14-16-11-15-9(13)5-19-11/h1-5H,13H2,(H,15,16)(H,17,18). The molecule has 2 aromatic rings. The minimum atomic E-state index is -0.980. The van der Waals surface area contributed by atoms with E-state index >= 15 is 0 Å². The highest BCUT2D eigenvalue weighted by molar-refractivity contribution is 9.10. The lowest BCUT2D eigenvalue weighted by molar-refractivity contribution is 0.0696. The second-order valence-corrected chi connectivity index (χ2v) is 5.20. The fourth-order valence-corrected chi connectivity index (χ4v) is 2.40. The molecule has 98 valence electrons. The van der Waals surface area contributed by atoms with E-state index in [-0.39, 0.29) is 5.56 Å². The minimum absolute atomic E-state index is 0.206. The molecule has 0 saturated carbocycles. The van der Waals surface area contributed by atoms with Crippen molar-refractivity contribution in [3.8, 4) is 0 Å². The summed E-state index contributed by atoms with van der Waals surface area (Å²) in [5, 5.41) is 15.2. The predicted octanol–water partition coefficient (Wildman–Crippen LogP) is 2.63. The van der Waals surface area contributed by atoms with Crippen molar-refractivity contribution in [3.63, 3.8) is 0 Å². The molecule has 0 amide bonds. The van der Waals surface area contributed by atoms with Crippen molar-refractivity contribution >= 4 is 50.4 Å². The van der Waals surface area contributed by atoms with Crippen LogP contribution in [0.5, 0.6) is 0 Å². The van der Waals surface area contributed by atoms with Gasteiger partial charge in [0.1, 0.15) is 5.82 Å². The third-order valence-corrected chi connectivity index (χ3v) is 3.54. The number of aromatic carboxylic acids is 1. The van der Waals surface area contributed by atoms with Gasteiger partial charge in [0.05, 0.1) is 11.8 Å². The van der Waals surface area contributed by atoms with E-state index in [0.29, 0.717) is 15.4 Å². The number of nitrogens with zero attached hydrogens (tertiary/aromatic N) is 2. The van der Waals surface area contributed by atoms with Crippen molar-refractivity contribution < 1.29 is 9.90 Å². The third-order valence-electron chi connectivity index (χ3n) is 2.12. The molecule has 19 heavy (non-hydrogen) atoms. The molecule has 0 unspecified atom stereocenters. The van der Waals surface area contributed by atoms with Crippen LogP contribution in [0.4, 0.5) is 10.9 Å². The largest absolute Gasteiger partial charge is 0.478 e. The molecular formula is C11H9BrN4O2S. The number of benzene rings is 1. The zero-order valence-electron chi connectivity index (χ0n) is 9.50. The second-order valence-electron chi connectivity index (χ2n) is 3.49. The number of thiazole rings is 1. The number of halogens is 1. The van der Waals surface area contributed by atoms with Gasteiger partial charge in [0.15, 0.2) is 0 Å². The van der Waals surface area contributed by atoms with Crippen LogP contribution in [0.2, 0.25) is 0 Å². The van der Waals surface area contributed by atoms with E-state index in [9.17, 15) is 4.79 Å². The van der Waals surface area contributed by atoms with Crippen molar-refractivity contribution in [2.45, 2.75) is 0 Å². The average Bonchev–Trinajstić information content (AvgIpc) is 2.75. The second kappa shape index (κ2) is 5.81. The lowest BCUT2D eigenvalue weighted by Gasteiger charge is -2.00. The van der Waals surface area contributed by atoms with Gasteiger partial charge in [-0.05, 0) is 33.6 Å². The van der Waals surface area contributed by atoms with E-state index < -0.39 is 5.97 Å². The lowest BCUT2D eigenvalue weighted by Crippen LogP contribution is -1.98. The molecule has 0 fully saturated rings. The Morgan fingerprint density at radius 1 is 1.58 bits per heavy atom. The molecule has 0 aliphatic carbocycles. The first-order valence-corrected chi connectivity index (χ1v) is 6.76. The maximum atomic E-state index is 10.8. The van der Waals surface area contributed by atoms with E-state index in [0.717, 1.165) is 5.56 Å². The van der Waals surface area contributed by atoms with Crippen molar-refractivity contribution in [3.05, 3.63) is 39.2 Å². The maximum Gasteiger partial charge on any atom is 0.336 e. The van der Waals surface area contributed by atoms with Crippen LogP contribution in [0.15, 0.2) is 33.2 Å². The number of nitrogen functional groups attached to an aromatic ring is 1. The van der Waals surface area contributed by atoms with Gasteiger partial charge in [-0.1, -0.05) is 6.07 Å². The normalized spacial score (nSPS) is 10.8. The van der Waals surface area contributed by atoms with Gasteiger partial charge in [0, 0.05) is 9.85 Å². The summed E-state index contributed by atoms with van der Waals surface area (Å²) in [6, 6.07) is 4.84. The first-order chi connectivity index (χ1) is 9.06. The number of carboxylic acids is 1. The van der Waals surface area contributed by atoms with Crippen LogP contribution in [-0.4, -0.2) is 22.3 Å². The molecule has 4 N–H and O–H groups in total. The molecule has 6 nitrogen and oxygen atoms in total. The third kappa shape index (κ3) is 3.52. The number of hydrazone groups is 1. The molecule has 0 saturated heterocycles. The number of aromatic nitrogens is 1. The first kappa shape index (κ1) is 13.5. The van der Waals surface area contributed by atoms with E-state index in [1.54, 1.807) is 23.7 Å². The molecule has 0 aliphatic rings. The molecule has 2 rings (SSSR count). The van der Waals surface area contributed by atoms with E-state index in [2.05, 4.69) is 31.4 Å². The van der Waals surface area contributed by atoms with Crippen molar-refractivity contribution in [1.29, 1.82) is 0 Å². The molecular weight excluding hydrogens is 332 g/mol. The fraction of sp³-hybridized carbons (Fsp3) is 0. The van der Waals surface area contributed by atoms with Crippen LogP contribution in [0.25, 0.3) is 0 Å². The highest BCUT2D eigenvalue weighted by Gasteiger charge is 2.07. The Morgan fingerprint density at radius 2 is 2.37 bits per heavy atom. The molecule has 1 aromatic heterocycles. The SMILES string of the molecule is Nc1csc(NN=Cc2ccc(C(=O)O)c(Br)c2)n1. The topological polar surface area (TPSA) is 101 Å². The molecule has 0 atom stereocenters. The van der Waals surface area contributed by atoms with Gasteiger partial charge < -0.3 is 10.8 Å². The Morgan fingerprint density at radius 3 is 2.95 bits per heavy atom. The van der Waals surface area contributed by atoms with E-state index in [4.69, 9.17) is 10.8 Å². The summed E-state index contributed by atoms with van der Waals surface area (Å²) in [4.78, 5) is 14.8. The number of carboxylic acid groups (broad SMARTS) is 1. The Hall–Kier alpha value is -1.93. The van der Waals surface area contributed by atoms with Crippen LogP contribution in [0.1, 0.15) is 15.9 Å². The van der Waals surface area contributed by atoms with Crippen LogP contribution < -0.4 is 11.2 Å². The smallest absolute Gasteiger partial charge is 0.336 e. The molecule has 0 radical (unpaired) electrons. The molecule has 0 spiro atoms. The van der Waals surface area contributed by atoms with Gasteiger partial charge in [-0.25, -0.2) is 9.78 Å². The number of rotatable bonds is 4. The monoisotopic (exact) mass is 340 g/mol. The molecule has 0 bridgehead atoms. The van der Waals surface area contributed by atoms with Crippen LogP contribution >= 0.6 is 27.3 Å². The molecule has 0 aliphatic heterocycles. The number of carbonyl (C=O) groups is 1. The fourth-order valence-electron chi connectivity index (χ4n) is 1.28. The van der Waals surface area contributed by atoms with Gasteiger partial charge in [0.25, 0.3) is 0 Å². The number of anilines is 2. The average molecular weight is 341 g/mol. The summed E-state index contributed by atoms with van der Waals surface area (Å²) in [5.41, 5.74) is 9.17. The van der Waals surface area contributed by atoms with Gasteiger partial charge in [0.2, 0.25) is 5.13 Å². The Balaban J connectivity index is 2.07. The zero-order chi connectivity index (χ0) is 13.8. The summed E-state index contributed by atoms with van der Waals surface area (Å²) in [6.07, 6.45) is 1.56. The maximum absolute atomic E-state index is 10.8. The van der Waals surface area contributed by atoms with Crippen LogP contribution in [-0.2, 0) is 0 Å². The number of hydrogen-bond acceptors (Lipinski definition) is 6. The Kier molecular flexibility index (Phi) is 4.13. The predicted molar refractivity (Wildman–Crippen MR) is 78.8 cm³/mol. The Labute approximate surface area is 121 Å². The number of hydrogen-bond donors (Lipinski definition) is 3. The van der Waals surface area contributed by atoms with Crippen LogP contribution in [0, 0.1) is 0 Å². The molecule has 1 heterocycles. The van der Waals surface area contributed by atoms with Crippen LogP contribution in [0.3, 0.4) is 0 Å².